The molecule has 0 N–H and O–H groups in total. The second kappa shape index (κ2) is 24.4. The molecule has 0 rings (SSSR count). The molecule has 176 valence electrons. The summed E-state index contributed by atoms with van der Waals surface area (Å²) in [4.78, 5) is 11.6. The van der Waals surface area contributed by atoms with E-state index >= 15 is 0 Å². The molecule has 0 aliphatic carbocycles. The van der Waals surface area contributed by atoms with Crippen molar-refractivity contribution >= 4 is 5.97 Å². The van der Waals surface area contributed by atoms with Gasteiger partial charge in [-0.15, -0.1) is 0 Å². The van der Waals surface area contributed by atoms with Gasteiger partial charge in [0.25, 0.3) is 0 Å². The maximum Gasteiger partial charge on any atom is 0.305 e. The Balaban J connectivity index is 3.44. The fraction of sp³-hybridized carbons (Fsp3) is 0.607. The fourth-order valence-electron chi connectivity index (χ4n) is 2.71. The number of allylic oxidation sites excluding steroid dienone is 10. The zero-order valence-corrected chi connectivity index (χ0v) is 20.3. The minimum Gasteiger partial charge on any atom is -0.466 e. The lowest BCUT2D eigenvalue weighted by Crippen LogP contribution is -2.10. The van der Waals surface area contributed by atoms with Crippen LogP contribution in [0, 0.1) is 0 Å². The first-order valence-corrected chi connectivity index (χ1v) is 12.2. The van der Waals surface area contributed by atoms with Crippen molar-refractivity contribution in [1.82, 2.24) is 0 Å². The van der Waals surface area contributed by atoms with Crippen LogP contribution in [0.2, 0.25) is 0 Å². The van der Waals surface area contributed by atoms with Crippen LogP contribution in [0.3, 0.4) is 0 Å². The highest BCUT2D eigenvalue weighted by Gasteiger charge is 2.02. The second-order valence-corrected chi connectivity index (χ2v) is 7.80. The third kappa shape index (κ3) is 26.1. The van der Waals surface area contributed by atoms with E-state index in [-0.39, 0.29) is 12.1 Å². The SMILES string of the molecule is CC/C=C\C/C=C\C/C=C\C/C=C\C/C=C\CCCCCC(=O)OCCCOC(C)C. The summed E-state index contributed by atoms with van der Waals surface area (Å²) in [7, 11) is 0. The van der Waals surface area contributed by atoms with E-state index in [0.717, 1.165) is 64.2 Å². The fourth-order valence-corrected chi connectivity index (χ4v) is 2.71. The molecular weight excluding hydrogens is 384 g/mol. The van der Waals surface area contributed by atoms with Crippen LogP contribution in [-0.2, 0) is 14.3 Å². The Hall–Kier alpha value is -1.87. The molecular formula is C28H46O3. The third-order valence-corrected chi connectivity index (χ3v) is 4.41. The van der Waals surface area contributed by atoms with Crippen molar-refractivity contribution in [3.8, 4) is 0 Å². The number of hydrogen-bond donors (Lipinski definition) is 0. The van der Waals surface area contributed by atoms with Crippen LogP contribution in [0.25, 0.3) is 0 Å². The van der Waals surface area contributed by atoms with E-state index in [9.17, 15) is 4.79 Å². The van der Waals surface area contributed by atoms with Crippen molar-refractivity contribution in [2.45, 2.75) is 97.5 Å². The van der Waals surface area contributed by atoms with Gasteiger partial charge in [0.2, 0.25) is 0 Å². The summed E-state index contributed by atoms with van der Waals surface area (Å²) >= 11 is 0. The van der Waals surface area contributed by atoms with Crippen LogP contribution in [0.4, 0.5) is 0 Å². The topological polar surface area (TPSA) is 35.5 Å². The van der Waals surface area contributed by atoms with Gasteiger partial charge >= 0.3 is 5.97 Å². The van der Waals surface area contributed by atoms with Gasteiger partial charge in [-0.1, -0.05) is 74.1 Å². The zero-order valence-electron chi connectivity index (χ0n) is 20.3. The van der Waals surface area contributed by atoms with E-state index in [2.05, 4.69) is 67.7 Å². The molecule has 0 saturated heterocycles. The first kappa shape index (κ1) is 29.1. The molecule has 0 saturated carbocycles. The van der Waals surface area contributed by atoms with E-state index in [1.54, 1.807) is 0 Å². The van der Waals surface area contributed by atoms with Crippen molar-refractivity contribution in [1.29, 1.82) is 0 Å². The minimum absolute atomic E-state index is 0.0839. The van der Waals surface area contributed by atoms with Crippen LogP contribution < -0.4 is 0 Å². The standard InChI is InChI=1S/C28H46O3/c1-4-5-6-7-8-9-10-11-12-13-14-15-16-17-18-19-20-21-22-24-28(29)31-26-23-25-30-27(2)3/h5-6,8-9,11-12,14-15,17-18,27H,4,7,10,13,16,19-26H2,1-3H3/b6-5-,9-8-,12-11-,15-14-,18-17-. The summed E-state index contributed by atoms with van der Waals surface area (Å²) in [5.74, 6) is -0.0839. The Labute approximate surface area is 192 Å². The van der Waals surface area contributed by atoms with Crippen molar-refractivity contribution in [3.63, 3.8) is 0 Å². The molecule has 0 amide bonds. The van der Waals surface area contributed by atoms with Crippen LogP contribution in [0.15, 0.2) is 60.8 Å². The van der Waals surface area contributed by atoms with E-state index in [1.807, 2.05) is 13.8 Å². The van der Waals surface area contributed by atoms with Gasteiger partial charge in [-0.2, -0.15) is 0 Å². The molecule has 0 aliphatic heterocycles. The highest BCUT2D eigenvalue weighted by molar-refractivity contribution is 5.69. The van der Waals surface area contributed by atoms with Crippen LogP contribution in [-0.4, -0.2) is 25.3 Å². The molecule has 0 radical (unpaired) electrons. The highest BCUT2D eigenvalue weighted by Crippen LogP contribution is 2.06. The number of ether oxygens (including phenoxy) is 2. The van der Waals surface area contributed by atoms with E-state index < -0.39 is 0 Å². The van der Waals surface area contributed by atoms with Gasteiger partial charge in [0.05, 0.1) is 19.3 Å². The first-order chi connectivity index (χ1) is 15.2. The van der Waals surface area contributed by atoms with Crippen molar-refractivity contribution in [3.05, 3.63) is 60.8 Å². The molecule has 0 aromatic heterocycles. The van der Waals surface area contributed by atoms with Crippen molar-refractivity contribution in [2.75, 3.05) is 13.2 Å². The molecule has 0 bridgehead atoms. The zero-order chi connectivity index (χ0) is 22.8. The largest absolute Gasteiger partial charge is 0.466 e. The maximum absolute atomic E-state index is 11.6. The molecule has 3 nitrogen and oxygen atoms in total. The van der Waals surface area contributed by atoms with Crippen LogP contribution in [0.5, 0.6) is 0 Å². The van der Waals surface area contributed by atoms with Gasteiger partial charge in [-0.25, -0.2) is 0 Å². The van der Waals surface area contributed by atoms with E-state index in [4.69, 9.17) is 9.47 Å². The first-order valence-electron chi connectivity index (χ1n) is 12.2. The van der Waals surface area contributed by atoms with Gasteiger partial charge < -0.3 is 9.47 Å². The third-order valence-electron chi connectivity index (χ3n) is 4.41. The molecule has 0 heterocycles. The van der Waals surface area contributed by atoms with Gasteiger partial charge in [0.1, 0.15) is 0 Å². The number of esters is 1. The quantitative estimate of drug-likeness (QED) is 0.111. The molecule has 0 unspecified atom stereocenters. The number of unbranched alkanes of at least 4 members (excludes halogenated alkanes) is 3. The summed E-state index contributed by atoms with van der Waals surface area (Å²) in [6, 6.07) is 0. The summed E-state index contributed by atoms with van der Waals surface area (Å²) < 4.78 is 10.6. The average Bonchev–Trinajstić information content (AvgIpc) is 2.75. The predicted molar refractivity (Wildman–Crippen MR) is 134 cm³/mol. The van der Waals surface area contributed by atoms with Crippen molar-refractivity contribution in [2.24, 2.45) is 0 Å². The average molecular weight is 431 g/mol. The van der Waals surface area contributed by atoms with Crippen LogP contribution >= 0.6 is 0 Å². The Morgan fingerprint density at radius 3 is 1.77 bits per heavy atom. The van der Waals surface area contributed by atoms with Crippen molar-refractivity contribution < 1.29 is 14.3 Å². The Morgan fingerprint density at radius 2 is 1.23 bits per heavy atom. The summed E-state index contributed by atoms with van der Waals surface area (Å²) in [5.41, 5.74) is 0. The maximum atomic E-state index is 11.6. The van der Waals surface area contributed by atoms with E-state index in [0.29, 0.717) is 19.6 Å². The molecule has 0 fully saturated rings. The number of carbonyl (C=O) groups is 1. The lowest BCUT2D eigenvalue weighted by atomic mass is 10.1. The Kier molecular flexibility index (Phi) is 22.9. The Bertz CT molecular complexity index is 538. The number of rotatable bonds is 20. The lowest BCUT2D eigenvalue weighted by Gasteiger charge is -2.07. The molecule has 0 aromatic rings. The summed E-state index contributed by atoms with van der Waals surface area (Å²) in [6.07, 6.45) is 33.0. The molecule has 31 heavy (non-hydrogen) atoms. The lowest BCUT2D eigenvalue weighted by molar-refractivity contribution is -0.144. The van der Waals surface area contributed by atoms with Gasteiger partial charge in [-0.05, 0) is 65.2 Å². The monoisotopic (exact) mass is 430 g/mol. The highest BCUT2D eigenvalue weighted by atomic mass is 16.5. The predicted octanol–water partition coefficient (Wildman–Crippen LogP) is 8.05. The Morgan fingerprint density at radius 1 is 0.677 bits per heavy atom. The molecule has 0 spiro atoms. The van der Waals surface area contributed by atoms with Gasteiger partial charge in [0, 0.05) is 12.8 Å². The number of carbonyl (C=O) groups excluding carboxylic acids is 1. The van der Waals surface area contributed by atoms with Gasteiger partial charge in [-0.3, -0.25) is 4.79 Å². The normalized spacial score (nSPS) is 12.6. The minimum atomic E-state index is -0.0839. The molecule has 0 aliphatic rings. The second-order valence-electron chi connectivity index (χ2n) is 7.80. The smallest absolute Gasteiger partial charge is 0.305 e. The molecule has 0 atom stereocenters. The molecule has 3 heteroatoms. The van der Waals surface area contributed by atoms with Crippen LogP contribution in [0.1, 0.15) is 91.4 Å². The summed E-state index contributed by atoms with van der Waals surface area (Å²) in [6.45, 7) is 7.28. The molecule has 0 aromatic carbocycles. The van der Waals surface area contributed by atoms with Gasteiger partial charge in [0.15, 0.2) is 0 Å². The summed E-state index contributed by atoms with van der Waals surface area (Å²) in [5, 5.41) is 0. The number of hydrogen-bond acceptors (Lipinski definition) is 3. The van der Waals surface area contributed by atoms with E-state index in [1.165, 1.54) is 0 Å².